The fraction of sp³-hybridized carbons (Fsp3) is 0.385. The van der Waals surface area contributed by atoms with E-state index in [9.17, 15) is 4.79 Å². The summed E-state index contributed by atoms with van der Waals surface area (Å²) in [6, 6.07) is 0. The maximum absolute atomic E-state index is 11.9. The lowest BCUT2D eigenvalue weighted by molar-refractivity contribution is -0.109. The van der Waals surface area contributed by atoms with Crippen LogP contribution in [0.25, 0.3) is 0 Å². The molecule has 0 bridgehead atoms. The molecule has 0 saturated carbocycles. The van der Waals surface area contributed by atoms with Crippen LogP contribution in [0.5, 0.6) is 0 Å². The van der Waals surface area contributed by atoms with Gasteiger partial charge in [-0.25, -0.2) is 0 Å². The molecule has 2 aliphatic heterocycles. The van der Waals surface area contributed by atoms with Crippen molar-refractivity contribution in [1.29, 1.82) is 0 Å². The van der Waals surface area contributed by atoms with Gasteiger partial charge in [0.05, 0.1) is 5.71 Å². The van der Waals surface area contributed by atoms with Crippen LogP contribution in [0, 0.1) is 0 Å². The normalized spacial score (nSPS) is 22.2. The van der Waals surface area contributed by atoms with Gasteiger partial charge in [0.25, 0.3) is 0 Å². The predicted octanol–water partition coefficient (Wildman–Crippen LogP) is 2.86. The van der Waals surface area contributed by atoms with E-state index < -0.39 is 0 Å². The lowest BCUT2D eigenvalue weighted by Gasteiger charge is -2.23. The number of carbonyl (C=O) groups is 1. The molecule has 96 valence electrons. The van der Waals surface area contributed by atoms with Crippen LogP contribution in [-0.4, -0.2) is 27.1 Å². The van der Waals surface area contributed by atoms with Gasteiger partial charge in [0.1, 0.15) is 5.71 Å². The van der Waals surface area contributed by atoms with E-state index in [0.717, 1.165) is 12.1 Å². The number of fused-ring (bicyclic) bond motifs is 1. The Morgan fingerprint density at radius 1 is 1.44 bits per heavy atom. The van der Waals surface area contributed by atoms with Gasteiger partial charge in [0.2, 0.25) is 5.78 Å². The first kappa shape index (κ1) is 13.0. The molecule has 2 aliphatic rings. The standard InChI is InChI=1S/C13H17N3OS/c1-6-11-9(4)14-16-15-12(13(17)8(2)3)7-18(16)10(11)5/h7H,2,6H2,1,3-5H3. The molecule has 0 N–H and O–H groups in total. The molecule has 0 radical (unpaired) electrons. The highest BCUT2D eigenvalue weighted by atomic mass is 32.2. The zero-order valence-electron chi connectivity index (χ0n) is 11.1. The highest BCUT2D eigenvalue weighted by Crippen LogP contribution is 2.40. The third kappa shape index (κ3) is 1.99. The summed E-state index contributed by atoms with van der Waals surface area (Å²) in [7, 11) is -0.313. The van der Waals surface area contributed by atoms with E-state index in [4.69, 9.17) is 0 Å². The summed E-state index contributed by atoms with van der Waals surface area (Å²) in [4.78, 5) is 13.1. The Balaban J connectivity index is 2.44. The summed E-state index contributed by atoms with van der Waals surface area (Å²) in [6.07, 6.45) is 0.954. The van der Waals surface area contributed by atoms with E-state index in [1.807, 2.05) is 12.3 Å². The van der Waals surface area contributed by atoms with Crippen molar-refractivity contribution in [2.75, 3.05) is 0 Å². The molecular weight excluding hydrogens is 246 g/mol. The van der Waals surface area contributed by atoms with Crippen LogP contribution in [0.1, 0.15) is 34.1 Å². The molecule has 0 amide bonds. The molecule has 0 spiro atoms. The van der Waals surface area contributed by atoms with Crippen molar-refractivity contribution < 1.29 is 4.79 Å². The maximum Gasteiger partial charge on any atom is 0.208 e. The first-order valence-electron chi connectivity index (χ1n) is 5.88. The van der Waals surface area contributed by atoms with E-state index in [1.165, 1.54) is 10.5 Å². The number of hydrogen-bond donors (Lipinski definition) is 0. The first-order chi connectivity index (χ1) is 8.45. The van der Waals surface area contributed by atoms with Crippen molar-refractivity contribution in [3.05, 3.63) is 22.6 Å². The Hall–Kier alpha value is -1.49. The molecule has 0 aromatic carbocycles. The molecule has 0 aromatic rings. The van der Waals surface area contributed by atoms with Gasteiger partial charge < -0.3 is 0 Å². The minimum Gasteiger partial charge on any atom is -0.287 e. The van der Waals surface area contributed by atoms with Crippen molar-refractivity contribution >= 4 is 33.2 Å². The number of hydrogen-bond acceptors (Lipinski definition) is 4. The average molecular weight is 263 g/mol. The van der Waals surface area contributed by atoms with Crippen LogP contribution in [0.15, 0.2) is 32.8 Å². The molecule has 5 heteroatoms. The van der Waals surface area contributed by atoms with E-state index in [-0.39, 0.29) is 16.5 Å². The van der Waals surface area contributed by atoms with E-state index >= 15 is 0 Å². The fourth-order valence-electron chi connectivity index (χ4n) is 1.98. The van der Waals surface area contributed by atoms with Gasteiger partial charge in [-0.15, -0.1) is 14.7 Å². The van der Waals surface area contributed by atoms with Crippen molar-refractivity contribution in [1.82, 2.24) is 4.52 Å². The average Bonchev–Trinajstić information content (AvgIpc) is 2.72. The third-order valence-electron chi connectivity index (χ3n) is 2.98. The largest absolute Gasteiger partial charge is 0.287 e. The third-order valence-corrected chi connectivity index (χ3v) is 4.81. The van der Waals surface area contributed by atoms with Gasteiger partial charge in [0.15, 0.2) is 0 Å². The van der Waals surface area contributed by atoms with Crippen LogP contribution in [0.3, 0.4) is 0 Å². The maximum atomic E-state index is 11.9. The summed E-state index contributed by atoms with van der Waals surface area (Å²) in [5, 5.41) is 10.6. The van der Waals surface area contributed by atoms with Gasteiger partial charge >= 0.3 is 0 Å². The SMILES string of the molecule is C=C(C)C(=O)C1=NN2N=C(C)C(CC)=C(C)S2=C1. The number of carbonyl (C=O) groups excluding carboxylic acids is 1. The molecule has 1 atom stereocenters. The number of nitrogens with zero attached hydrogens (tertiary/aromatic N) is 3. The van der Waals surface area contributed by atoms with Gasteiger partial charge in [-0.1, -0.05) is 13.5 Å². The van der Waals surface area contributed by atoms with Gasteiger partial charge in [0, 0.05) is 10.3 Å². The van der Waals surface area contributed by atoms with Crippen LogP contribution in [0.2, 0.25) is 0 Å². The predicted molar refractivity (Wildman–Crippen MR) is 78.9 cm³/mol. The van der Waals surface area contributed by atoms with Gasteiger partial charge in [-0.2, -0.15) is 0 Å². The second-order valence-electron chi connectivity index (χ2n) is 4.35. The summed E-state index contributed by atoms with van der Waals surface area (Å²) < 4.78 is 1.65. The molecule has 0 fully saturated rings. The minimum atomic E-state index is -0.313. The fourth-order valence-corrected chi connectivity index (χ4v) is 3.79. The number of rotatable bonds is 3. The molecule has 0 saturated heterocycles. The highest BCUT2D eigenvalue weighted by molar-refractivity contribution is 8.17. The van der Waals surface area contributed by atoms with Crippen molar-refractivity contribution in [2.45, 2.75) is 34.1 Å². The quantitative estimate of drug-likeness (QED) is 0.580. The Morgan fingerprint density at radius 2 is 2.11 bits per heavy atom. The van der Waals surface area contributed by atoms with Gasteiger partial charge in [-0.3, -0.25) is 4.79 Å². The van der Waals surface area contributed by atoms with Crippen LogP contribution in [-0.2, 0) is 4.79 Å². The lowest BCUT2D eigenvalue weighted by atomic mass is 10.1. The zero-order chi connectivity index (χ0) is 13.4. The molecule has 0 aromatic heterocycles. The lowest BCUT2D eigenvalue weighted by Crippen LogP contribution is -2.15. The molecular formula is C13H17N3OS. The zero-order valence-corrected chi connectivity index (χ0v) is 12.0. The molecule has 18 heavy (non-hydrogen) atoms. The second-order valence-corrected chi connectivity index (χ2v) is 6.16. The van der Waals surface area contributed by atoms with Crippen molar-refractivity contribution in [3.8, 4) is 0 Å². The van der Waals surface area contributed by atoms with E-state index in [2.05, 4.69) is 30.6 Å². The summed E-state index contributed by atoms with van der Waals surface area (Å²) >= 11 is 0. The highest BCUT2D eigenvalue weighted by Gasteiger charge is 2.27. The number of hydrazone groups is 2. The number of allylic oxidation sites excluding steroid dienone is 3. The molecule has 0 aliphatic carbocycles. The second kappa shape index (κ2) is 4.65. The topological polar surface area (TPSA) is 45.0 Å². The Morgan fingerprint density at radius 3 is 2.67 bits per heavy atom. The van der Waals surface area contributed by atoms with Crippen LogP contribution >= 0.6 is 10.7 Å². The van der Waals surface area contributed by atoms with Crippen LogP contribution < -0.4 is 0 Å². The Labute approximate surface area is 110 Å². The Bertz CT molecular complexity index is 567. The summed E-state index contributed by atoms with van der Waals surface area (Å²) in [5.74, 6) is -0.101. The number of ketones is 1. The van der Waals surface area contributed by atoms with E-state index in [1.54, 1.807) is 11.4 Å². The molecule has 4 nitrogen and oxygen atoms in total. The van der Waals surface area contributed by atoms with E-state index in [0.29, 0.717) is 11.3 Å². The first-order valence-corrected chi connectivity index (χ1v) is 7.12. The Kier molecular flexibility index (Phi) is 3.34. The minimum absolute atomic E-state index is 0.101. The van der Waals surface area contributed by atoms with Crippen molar-refractivity contribution in [2.24, 2.45) is 10.2 Å². The molecule has 1 unspecified atom stereocenters. The summed E-state index contributed by atoms with van der Waals surface area (Å²) in [5.41, 5.74) is 3.22. The summed E-state index contributed by atoms with van der Waals surface area (Å²) in [6.45, 7) is 11.6. The van der Waals surface area contributed by atoms with Crippen LogP contribution in [0.4, 0.5) is 0 Å². The van der Waals surface area contributed by atoms with Gasteiger partial charge in [-0.05, 0) is 49.0 Å². The molecule has 2 heterocycles. The van der Waals surface area contributed by atoms with Crippen molar-refractivity contribution in [3.63, 3.8) is 0 Å². The smallest absolute Gasteiger partial charge is 0.208 e. The molecule has 2 rings (SSSR count). The monoisotopic (exact) mass is 263 g/mol. The number of Topliss-reactive ketones (excluding diaryl/α,β-unsaturated/α-hetero) is 1.